The van der Waals surface area contributed by atoms with Gasteiger partial charge in [0.25, 0.3) is 11.2 Å². The fraction of sp³-hybridized carbons (Fsp3) is 0.217. The summed E-state index contributed by atoms with van der Waals surface area (Å²) in [6.07, 6.45) is 3.57. The Morgan fingerprint density at radius 3 is 2.67 bits per heavy atom. The Labute approximate surface area is 192 Å². The van der Waals surface area contributed by atoms with E-state index in [2.05, 4.69) is 20.3 Å². The quantitative estimate of drug-likeness (QED) is 0.253. The molecule has 0 saturated heterocycles. The van der Waals surface area contributed by atoms with Gasteiger partial charge in [-0.1, -0.05) is 30.0 Å². The minimum atomic E-state index is -0.560. The second kappa shape index (κ2) is 8.62. The maximum atomic E-state index is 13.2. The maximum Gasteiger partial charge on any atom is 0.269 e. The molecule has 2 N–H and O–H groups in total. The maximum absolute atomic E-state index is 13.2. The average Bonchev–Trinajstić information content (AvgIpc) is 2.82. The SMILES string of the molecule is O=C1CCCC2=C1C(c1ccccn1)c1c(nc(SCc3ccc([N+](=O)[O-])cc3)[nH]c1=O)N2. The lowest BCUT2D eigenvalue weighted by Gasteiger charge is -2.32. The van der Waals surface area contributed by atoms with Crippen molar-refractivity contribution in [1.82, 2.24) is 15.0 Å². The number of aromatic nitrogens is 3. The summed E-state index contributed by atoms with van der Waals surface area (Å²) < 4.78 is 0. The zero-order valence-electron chi connectivity index (χ0n) is 17.4. The highest BCUT2D eigenvalue weighted by atomic mass is 32.2. The molecule has 9 nitrogen and oxygen atoms in total. The predicted octanol–water partition coefficient (Wildman–Crippen LogP) is 3.93. The Balaban J connectivity index is 1.49. The highest BCUT2D eigenvalue weighted by molar-refractivity contribution is 7.98. The molecule has 0 fully saturated rings. The van der Waals surface area contributed by atoms with E-state index in [1.54, 1.807) is 24.4 Å². The van der Waals surface area contributed by atoms with Crippen LogP contribution in [0.3, 0.4) is 0 Å². The van der Waals surface area contributed by atoms with Gasteiger partial charge in [-0.25, -0.2) is 4.98 Å². The first-order valence-electron chi connectivity index (χ1n) is 10.5. The Morgan fingerprint density at radius 1 is 1.12 bits per heavy atom. The predicted molar refractivity (Wildman–Crippen MR) is 123 cm³/mol. The number of nitrogens with one attached hydrogen (secondary N) is 2. The average molecular weight is 462 g/mol. The Hall–Kier alpha value is -3.79. The van der Waals surface area contributed by atoms with Gasteiger partial charge in [0.2, 0.25) is 0 Å². The second-order valence-electron chi connectivity index (χ2n) is 7.83. The Kier molecular flexibility index (Phi) is 5.51. The molecule has 10 heteroatoms. The molecule has 3 aromatic rings. The number of pyridine rings is 1. The van der Waals surface area contributed by atoms with E-state index < -0.39 is 10.8 Å². The highest BCUT2D eigenvalue weighted by Crippen LogP contribution is 2.42. The first-order chi connectivity index (χ1) is 16.0. The standard InChI is InChI=1S/C23H19N5O4S/c29-17-6-3-5-16-18(17)19(15-4-1-2-11-24-15)20-21(25-16)26-23(27-22(20)30)33-12-13-7-9-14(10-8-13)28(31)32/h1-2,4,7-11,19H,3,5-6,12H2,(H2,25,26,27,30). The normalized spacial score (nSPS) is 17.2. The molecular formula is C23H19N5O4S. The molecule has 0 spiro atoms. The first-order valence-corrected chi connectivity index (χ1v) is 11.4. The van der Waals surface area contributed by atoms with Crippen LogP contribution in [0, 0.1) is 10.1 Å². The number of thioether (sulfide) groups is 1. The van der Waals surface area contributed by atoms with Gasteiger partial charge in [0.15, 0.2) is 10.9 Å². The number of anilines is 1. The summed E-state index contributed by atoms with van der Waals surface area (Å²) in [5.41, 5.74) is 3.01. The number of H-pyrrole nitrogens is 1. The van der Waals surface area contributed by atoms with Crippen molar-refractivity contribution in [2.75, 3.05) is 5.32 Å². The third-order valence-electron chi connectivity index (χ3n) is 5.74. The monoisotopic (exact) mass is 461 g/mol. The lowest BCUT2D eigenvalue weighted by atomic mass is 9.78. The number of nitrogens with zero attached hydrogens (tertiary/aromatic N) is 3. The smallest absolute Gasteiger partial charge is 0.269 e. The van der Waals surface area contributed by atoms with Crippen LogP contribution in [0.2, 0.25) is 0 Å². The van der Waals surface area contributed by atoms with Crippen molar-refractivity contribution in [3.8, 4) is 0 Å². The molecule has 3 heterocycles. The number of rotatable bonds is 5. The van der Waals surface area contributed by atoms with Gasteiger partial charge in [0, 0.05) is 41.8 Å². The van der Waals surface area contributed by atoms with Crippen LogP contribution >= 0.6 is 11.8 Å². The third kappa shape index (κ3) is 4.05. The van der Waals surface area contributed by atoms with Gasteiger partial charge >= 0.3 is 0 Å². The van der Waals surface area contributed by atoms with Gasteiger partial charge in [-0.05, 0) is 30.5 Å². The zero-order valence-corrected chi connectivity index (χ0v) is 18.2. The molecule has 0 amide bonds. The fourth-order valence-corrected chi connectivity index (χ4v) is 5.03. The number of ketones is 1. The Bertz CT molecular complexity index is 1340. The lowest BCUT2D eigenvalue weighted by molar-refractivity contribution is -0.384. The summed E-state index contributed by atoms with van der Waals surface area (Å²) >= 11 is 1.33. The zero-order chi connectivity index (χ0) is 22.9. The fourth-order valence-electron chi connectivity index (χ4n) is 4.22. The number of carbonyl (C=O) groups is 1. The molecule has 2 aliphatic rings. The number of carbonyl (C=O) groups excluding carboxylic acids is 1. The largest absolute Gasteiger partial charge is 0.343 e. The summed E-state index contributed by atoms with van der Waals surface area (Å²) in [5.74, 6) is 0.390. The van der Waals surface area contributed by atoms with Crippen molar-refractivity contribution in [3.05, 3.63) is 97.2 Å². The van der Waals surface area contributed by atoms with Crippen molar-refractivity contribution in [1.29, 1.82) is 0 Å². The summed E-state index contributed by atoms with van der Waals surface area (Å²) in [5, 5.41) is 14.5. The van der Waals surface area contributed by atoms with Crippen LogP contribution in [-0.2, 0) is 10.5 Å². The molecule has 2 aromatic heterocycles. The number of non-ortho nitro benzene ring substituents is 1. The van der Waals surface area contributed by atoms with E-state index in [-0.39, 0.29) is 17.0 Å². The van der Waals surface area contributed by atoms with E-state index in [1.165, 1.54) is 23.9 Å². The van der Waals surface area contributed by atoms with Gasteiger partial charge in [0.05, 0.1) is 22.1 Å². The van der Waals surface area contributed by atoms with E-state index in [4.69, 9.17) is 0 Å². The van der Waals surface area contributed by atoms with Crippen LogP contribution in [0.4, 0.5) is 11.5 Å². The van der Waals surface area contributed by atoms with Crippen molar-refractivity contribution in [2.24, 2.45) is 0 Å². The number of nitro groups is 1. The molecule has 0 saturated carbocycles. The number of hydrogen-bond donors (Lipinski definition) is 2. The number of Topliss-reactive ketones (excluding diaryl/α,β-unsaturated/α-hetero) is 1. The van der Waals surface area contributed by atoms with E-state index in [9.17, 15) is 19.7 Å². The molecule has 33 heavy (non-hydrogen) atoms. The van der Waals surface area contributed by atoms with Gasteiger partial charge in [-0.15, -0.1) is 0 Å². The van der Waals surface area contributed by atoms with Crippen LogP contribution in [-0.4, -0.2) is 25.7 Å². The van der Waals surface area contributed by atoms with Crippen LogP contribution in [0.15, 0.2) is 69.9 Å². The molecule has 1 aliphatic carbocycles. The van der Waals surface area contributed by atoms with Crippen LogP contribution in [0.25, 0.3) is 0 Å². The third-order valence-corrected chi connectivity index (χ3v) is 6.69. The summed E-state index contributed by atoms with van der Waals surface area (Å²) in [6, 6.07) is 11.7. The second-order valence-corrected chi connectivity index (χ2v) is 8.79. The number of allylic oxidation sites excluding steroid dienone is 2. The van der Waals surface area contributed by atoms with Crippen molar-refractivity contribution in [3.63, 3.8) is 0 Å². The minimum absolute atomic E-state index is 0.0277. The molecule has 1 unspecified atom stereocenters. The summed E-state index contributed by atoms with van der Waals surface area (Å²) in [4.78, 5) is 48.3. The Morgan fingerprint density at radius 2 is 1.94 bits per heavy atom. The number of hydrogen-bond acceptors (Lipinski definition) is 8. The lowest BCUT2D eigenvalue weighted by Crippen LogP contribution is -2.33. The van der Waals surface area contributed by atoms with Crippen molar-refractivity contribution in [2.45, 2.75) is 36.1 Å². The van der Waals surface area contributed by atoms with Crippen LogP contribution < -0.4 is 10.9 Å². The molecule has 1 aromatic carbocycles. The van der Waals surface area contributed by atoms with Gasteiger partial charge in [0.1, 0.15) is 5.82 Å². The molecule has 1 aliphatic heterocycles. The molecule has 0 radical (unpaired) electrons. The molecule has 5 rings (SSSR count). The topological polar surface area (TPSA) is 131 Å². The molecule has 0 bridgehead atoms. The van der Waals surface area contributed by atoms with E-state index >= 15 is 0 Å². The minimum Gasteiger partial charge on any atom is -0.343 e. The number of fused-ring (bicyclic) bond motifs is 1. The molecular weight excluding hydrogens is 442 g/mol. The highest BCUT2D eigenvalue weighted by Gasteiger charge is 2.38. The first kappa shape index (κ1) is 21.1. The van der Waals surface area contributed by atoms with Gasteiger partial charge in [-0.3, -0.25) is 24.7 Å². The summed E-state index contributed by atoms with van der Waals surface area (Å²) in [7, 11) is 0. The number of aromatic amines is 1. The van der Waals surface area contributed by atoms with Crippen molar-refractivity contribution < 1.29 is 9.72 Å². The number of benzene rings is 1. The van der Waals surface area contributed by atoms with Gasteiger partial charge in [-0.2, -0.15) is 0 Å². The van der Waals surface area contributed by atoms with Gasteiger partial charge < -0.3 is 10.3 Å². The van der Waals surface area contributed by atoms with E-state index in [1.807, 2.05) is 12.1 Å². The van der Waals surface area contributed by atoms with Crippen LogP contribution in [0.5, 0.6) is 0 Å². The number of nitro benzene ring substituents is 1. The summed E-state index contributed by atoms with van der Waals surface area (Å²) in [6.45, 7) is 0. The van der Waals surface area contributed by atoms with E-state index in [0.29, 0.717) is 46.4 Å². The molecule has 166 valence electrons. The van der Waals surface area contributed by atoms with Crippen molar-refractivity contribution >= 4 is 29.1 Å². The molecule has 1 atom stereocenters. The van der Waals surface area contributed by atoms with E-state index in [0.717, 1.165) is 17.7 Å². The van der Waals surface area contributed by atoms with Crippen LogP contribution in [0.1, 0.15) is 42.0 Å².